The molecule has 0 saturated heterocycles. The van der Waals surface area contributed by atoms with Gasteiger partial charge in [-0.1, -0.05) is 57.1 Å². The van der Waals surface area contributed by atoms with Crippen LogP contribution in [0.5, 0.6) is 0 Å². The molecule has 0 aliphatic heterocycles. The maximum Gasteiger partial charge on any atom is 0.0960 e. The van der Waals surface area contributed by atoms with Crippen molar-refractivity contribution >= 4 is 18.0 Å². The molecular weight excluding hydrogens is 416 g/mol. The third kappa shape index (κ3) is 6.43. The first kappa shape index (κ1) is 25.9. The summed E-state index contributed by atoms with van der Waals surface area (Å²) in [6.07, 6.45) is 26.0. The van der Waals surface area contributed by atoms with Gasteiger partial charge in [0.25, 0.3) is 0 Å². The Balaban J connectivity index is 2.04. The number of aromatic nitrogens is 2. The molecule has 1 aromatic rings. The Morgan fingerprint density at radius 3 is 2.76 bits per heavy atom. The largest absolute Gasteiger partial charge is 0.296 e. The number of allylic oxidation sites excluding steroid dienone is 8. The highest BCUT2D eigenvalue weighted by Gasteiger charge is 2.26. The molecule has 34 heavy (non-hydrogen) atoms. The summed E-state index contributed by atoms with van der Waals surface area (Å²) in [6.45, 7) is 12.0. The van der Waals surface area contributed by atoms with E-state index in [1.165, 1.54) is 42.4 Å². The zero-order valence-electron chi connectivity index (χ0n) is 21.6. The number of hydrogen-bond donors (Lipinski definition) is 0. The molecule has 1 saturated carbocycles. The summed E-state index contributed by atoms with van der Waals surface area (Å²) in [7, 11) is 1.80. The molecule has 4 nitrogen and oxygen atoms in total. The summed E-state index contributed by atoms with van der Waals surface area (Å²) in [5.74, 6) is 0.906. The van der Waals surface area contributed by atoms with E-state index in [1.54, 1.807) is 13.3 Å². The minimum atomic E-state index is 0.162. The van der Waals surface area contributed by atoms with E-state index in [2.05, 4.69) is 53.4 Å². The van der Waals surface area contributed by atoms with Gasteiger partial charge in [-0.3, -0.25) is 14.7 Å². The highest BCUT2D eigenvalue weighted by molar-refractivity contribution is 5.86. The molecule has 4 heteroatoms. The fourth-order valence-electron chi connectivity index (χ4n) is 5.23. The third-order valence-electron chi connectivity index (χ3n) is 7.09. The molecular formula is C30H42N4. The van der Waals surface area contributed by atoms with Crippen molar-refractivity contribution in [3.05, 3.63) is 71.3 Å². The van der Waals surface area contributed by atoms with E-state index in [-0.39, 0.29) is 5.92 Å². The maximum absolute atomic E-state index is 5.21. The Hall–Kier alpha value is -2.75. The van der Waals surface area contributed by atoms with E-state index in [0.29, 0.717) is 0 Å². The van der Waals surface area contributed by atoms with Crippen LogP contribution in [0.1, 0.15) is 89.3 Å². The minimum absolute atomic E-state index is 0.162. The second-order valence-electron chi connectivity index (χ2n) is 9.40. The van der Waals surface area contributed by atoms with Crippen molar-refractivity contribution in [3.8, 4) is 0 Å². The van der Waals surface area contributed by atoms with Crippen molar-refractivity contribution in [3.63, 3.8) is 0 Å². The van der Waals surface area contributed by atoms with Crippen molar-refractivity contribution in [2.24, 2.45) is 15.9 Å². The average molecular weight is 459 g/mol. The molecule has 1 aromatic heterocycles. The van der Waals surface area contributed by atoms with Crippen LogP contribution in [0.25, 0.3) is 5.57 Å². The van der Waals surface area contributed by atoms with Crippen molar-refractivity contribution in [2.75, 3.05) is 7.05 Å². The summed E-state index contributed by atoms with van der Waals surface area (Å²) < 4.78 is 2.22. The van der Waals surface area contributed by atoms with Gasteiger partial charge in [-0.2, -0.15) is 5.10 Å². The van der Waals surface area contributed by atoms with Crippen LogP contribution >= 0.6 is 0 Å². The lowest BCUT2D eigenvalue weighted by Gasteiger charge is -2.21. The Bertz CT molecular complexity index is 1010. The minimum Gasteiger partial charge on any atom is -0.296 e. The molecule has 0 radical (unpaired) electrons. The second-order valence-corrected chi connectivity index (χ2v) is 9.40. The third-order valence-corrected chi connectivity index (χ3v) is 7.09. The fraction of sp³-hybridized carbons (Fsp3) is 0.500. The first-order valence-corrected chi connectivity index (χ1v) is 13.0. The molecule has 0 spiro atoms. The molecule has 1 atom stereocenters. The SMILES string of the molecule is C=C(\C(C=NC)=C/N=C\C=C/C)C(CC)c1cn(CC2CCCC2)nc1C1=C(CC)CCC=C1. The number of aliphatic imine (C=N–C) groups is 2. The molecule has 0 amide bonds. The van der Waals surface area contributed by atoms with E-state index >= 15 is 0 Å². The molecule has 1 heterocycles. The van der Waals surface area contributed by atoms with E-state index in [1.807, 2.05) is 31.5 Å². The van der Waals surface area contributed by atoms with Gasteiger partial charge in [0, 0.05) is 61.0 Å². The maximum atomic E-state index is 5.21. The lowest BCUT2D eigenvalue weighted by Crippen LogP contribution is -2.08. The summed E-state index contributed by atoms with van der Waals surface area (Å²) in [5.41, 5.74) is 7.27. The normalized spacial score (nSPS) is 18.9. The summed E-state index contributed by atoms with van der Waals surface area (Å²) >= 11 is 0. The van der Waals surface area contributed by atoms with Gasteiger partial charge in [0.05, 0.1) is 5.69 Å². The Kier molecular flexibility index (Phi) is 10.1. The zero-order valence-corrected chi connectivity index (χ0v) is 21.6. The molecule has 0 N–H and O–H groups in total. The van der Waals surface area contributed by atoms with Crippen LogP contribution in [0.2, 0.25) is 0 Å². The van der Waals surface area contributed by atoms with Gasteiger partial charge in [-0.05, 0) is 63.0 Å². The molecule has 2 aliphatic rings. The van der Waals surface area contributed by atoms with Crippen molar-refractivity contribution < 1.29 is 0 Å². The summed E-state index contributed by atoms with van der Waals surface area (Å²) in [4.78, 5) is 8.75. The molecule has 2 aliphatic carbocycles. The standard InChI is InChI=1S/C30H42N4/c1-6-9-18-32-20-26(19-31-5)23(4)27(8-3)29-22-34(21-24-14-10-11-15-24)33-30(29)28-17-13-12-16-25(28)7-2/h6,9,13,17-20,22,24,27H,4,7-8,10-12,14-16,21H2,1-3,5H3/b9-6-,26-20-,31-19?,32-18-. The second kappa shape index (κ2) is 13.2. The first-order valence-electron chi connectivity index (χ1n) is 13.0. The number of nitrogens with zero attached hydrogens (tertiary/aromatic N) is 4. The van der Waals surface area contributed by atoms with Crippen LogP contribution in [0, 0.1) is 5.92 Å². The van der Waals surface area contributed by atoms with Crippen LogP contribution in [0.15, 0.2) is 70.0 Å². The number of rotatable bonds is 11. The van der Waals surface area contributed by atoms with Gasteiger partial charge >= 0.3 is 0 Å². The van der Waals surface area contributed by atoms with Crippen LogP contribution in [-0.4, -0.2) is 29.3 Å². The van der Waals surface area contributed by atoms with Gasteiger partial charge in [0.2, 0.25) is 0 Å². The lowest BCUT2D eigenvalue weighted by atomic mass is 9.83. The number of hydrogen-bond acceptors (Lipinski definition) is 3. The highest BCUT2D eigenvalue weighted by atomic mass is 15.3. The molecule has 0 aromatic carbocycles. The Labute approximate surface area is 206 Å². The monoisotopic (exact) mass is 458 g/mol. The van der Waals surface area contributed by atoms with Crippen LogP contribution in [-0.2, 0) is 6.54 Å². The smallest absolute Gasteiger partial charge is 0.0960 e. The first-order chi connectivity index (χ1) is 16.6. The molecule has 1 fully saturated rings. The molecule has 0 bridgehead atoms. The average Bonchev–Trinajstić information content (AvgIpc) is 3.52. The fourth-order valence-corrected chi connectivity index (χ4v) is 5.23. The lowest BCUT2D eigenvalue weighted by molar-refractivity contribution is 0.428. The van der Waals surface area contributed by atoms with E-state index < -0.39 is 0 Å². The predicted molar refractivity (Wildman–Crippen MR) is 148 cm³/mol. The highest BCUT2D eigenvalue weighted by Crippen LogP contribution is 2.39. The zero-order chi connectivity index (χ0) is 24.3. The van der Waals surface area contributed by atoms with Gasteiger partial charge in [0.1, 0.15) is 0 Å². The van der Waals surface area contributed by atoms with Gasteiger partial charge in [0.15, 0.2) is 0 Å². The van der Waals surface area contributed by atoms with Crippen LogP contribution in [0.3, 0.4) is 0 Å². The van der Waals surface area contributed by atoms with Crippen molar-refractivity contribution in [1.29, 1.82) is 0 Å². The Morgan fingerprint density at radius 2 is 2.09 bits per heavy atom. The van der Waals surface area contributed by atoms with E-state index in [9.17, 15) is 0 Å². The van der Waals surface area contributed by atoms with E-state index in [0.717, 1.165) is 55.0 Å². The van der Waals surface area contributed by atoms with Crippen LogP contribution in [0.4, 0.5) is 0 Å². The van der Waals surface area contributed by atoms with E-state index in [4.69, 9.17) is 5.10 Å². The quantitative estimate of drug-likeness (QED) is 0.246. The molecule has 182 valence electrons. The van der Waals surface area contributed by atoms with Crippen molar-refractivity contribution in [2.45, 2.75) is 84.6 Å². The predicted octanol–water partition coefficient (Wildman–Crippen LogP) is 7.87. The molecule has 3 rings (SSSR count). The van der Waals surface area contributed by atoms with Crippen LogP contribution < -0.4 is 0 Å². The topological polar surface area (TPSA) is 42.5 Å². The molecule has 1 unspecified atom stereocenters. The summed E-state index contributed by atoms with van der Waals surface area (Å²) in [6, 6.07) is 0. The summed E-state index contributed by atoms with van der Waals surface area (Å²) in [5, 5.41) is 5.21. The van der Waals surface area contributed by atoms with Gasteiger partial charge in [-0.15, -0.1) is 0 Å². The van der Waals surface area contributed by atoms with Gasteiger partial charge < -0.3 is 0 Å². The van der Waals surface area contributed by atoms with Crippen molar-refractivity contribution in [1.82, 2.24) is 9.78 Å². The van der Waals surface area contributed by atoms with Gasteiger partial charge in [-0.25, -0.2) is 0 Å². The Morgan fingerprint density at radius 1 is 1.29 bits per heavy atom.